The molecule has 1 atom stereocenters. The number of morpholine rings is 1. The van der Waals surface area contributed by atoms with Crippen LogP contribution in [0, 0.1) is 0 Å². The van der Waals surface area contributed by atoms with Crippen LogP contribution in [-0.4, -0.2) is 85.0 Å². The van der Waals surface area contributed by atoms with Crippen molar-refractivity contribution in [2.75, 3.05) is 46.9 Å². The van der Waals surface area contributed by atoms with Crippen molar-refractivity contribution < 1.29 is 14.3 Å². The number of nitrogens with zero attached hydrogens (tertiary/aromatic N) is 3. The summed E-state index contributed by atoms with van der Waals surface area (Å²) in [5.41, 5.74) is -0.116. The first-order valence-corrected chi connectivity index (χ1v) is 8.14. The third kappa shape index (κ3) is 4.43. The molecule has 0 saturated carbocycles. The Hall–Kier alpha value is -1.14. The van der Waals surface area contributed by atoms with E-state index in [0.29, 0.717) is 19.0 Å². The van der Waals surface area contributed by atoms with Crippen LogP contribution >= 0.6 is 0 Å². The van der Waals surface area contributed by atoms with Crippen molar-refractivity contribution in [3.05, 3.63) is 0 Å². The Bertz CT molecular complexity index is 423. The lowest BCUT2D eigenvalue weighted by Crippen LogP contribution is -2.52. The first-order chi connectivity index (χ1) is 10.3. The molecule has 22 heavy (non-hydrogen) atoms. The van der Waals surface area contributed by atoms with Gasteiger partial charge in [-0.05, 0) is 26.7 Å². The standard InChI is InChI=1S/C16H29N3O3/c1-16(2)12-19(9-10-22-16)13-5-6-14(20)18(8-7-13)11-15(21)17(3)4/h13H,5-12H2,1-4H3. The molecule has 6 heteroatoms. The zero-order chi connectivity index (χ0) is 16.3. The third-order valence-corrected chi connectivity index (χ3v) is 4.57. The van der Waals surface area contributed by atoms with E-state index in [-0.39, 0.29) is 24.0 Å². The molecule has 2 fully saturated rings. The molecule has 0 bridgehead atoms. The zero-order valence-electron chi connectivity index (χ0n) is 14.3. The van der Waals surface area contributed by atoms with E-state index in [1.165, 1.54) is 0 Å². The SMILES string of the molecule is CN(C)C(=O)CN1CCC(N2CCOC(C)(C)C2)CCC1=O. The number of likely N-dealkylation sites (N-methyl/N-ethyl adjacent to an activating group) is 1. The molecule has 2 saturated heterocycles. The molecule has 2 amide bonds. The van der Waals surface area contributed by atoms with Crippen molar-refractivity contribution >= 4 is 11.8 Å². The number of hydrogen-bond acceptors (Lipinski definition) is 4. The lowest BCUT2D eigenvalue weighted by molar-refractivity contribution is -0.138. The van der Waals surface area contributed by atoms with Gasteiger partial charge in [0.15, 0.2) is 0 Å². The molecule has 2 heterocycles. The van der Waals surface area contributed by atoms with Crippen molar-refractivity contribution in [3.63, 3.8) is 0 Å². The van der Waals surface area contributed by atoms with Gasteiger partial charge in [0.05, 0.1) is 18.8 Å². The molecule has 126 valence electrons. The Morgan fingerprint density at radius 3 is 2.68 bits per heavy atom. The average Bonchev–Trinajstić information content (AvgIpc) is 2.60. The largest absolute Gasteiger partial charge is 0.373 e. The van der Waals surface area contributed by atoms with Gasteiger partial charge in [-0.3, -0.25) is 14.5 Å². The molecule has 0 aromatic rings. The van der Waals surface area contributed by atoms with Crippen LogP contribution in [0.3, 0.4) is 0 Å². The number of carbonyl (C=O) groups excluding carboxylic acids is 2. The Morgan fingerprint density at radius 1 is 1.32 bits per heavy atom. The van der Waals surface area contributed by atoms with E-state index < -0.39 is 0 Å². The van der Waals surface area contributed by atoms with Crippen molar-refractivity contribution in [2.45, 2.75) is 44.8 Å². The van der Waals surface area contributed by atoms with Gasteiger partial charge in [0.2, 0.25) is 11.8 Å². The minimum Gasteiger partial charge on any atom is -0.373 e. The lowest BCUT2D eigenvalue weighted by Gasteiger charge is -2.42. The van der Waals surface area contributed by atoms with Gasteiger partial charge < -0.3 is 14.5 Å². The normalized spacial score (nSPS) is 26.6. The van der Waals surface area contributed by atoms with E-state index >= 15 is 0 Å². The first kappa shape index (κ1) is 17.2. The van der Waals surface area contributed by atoms with Crippen molar-refractivity contribution in [2.24, 2.45) is 0 Å². The van der Waals surface area contributed by atoms with Crippen LogP contribution < -0.4 is 0 Å². The van der Waals surface area contributed by atoms with E-state index in [0.717, 1.165) is 32.5 Å². The highest BCUT2D eigenvalue weighted by Crippen LogP contribution is 2.24. The smallest absolute Gasteiger partial charge is 0.241 e. The number of ether oxygens (including phenoxy) is 1. The van der Waals surface area contributed by atoms with Gasteiger partial charge in [-0.2, -0.15) is 0 Å². The second-order valence-electron chi connectivity index (χ2n) is 7.16. The van der Waals surface area contributed by atoms with Crippen LogP contribution in [0.4, 0.5) is 0 Å². The summed E-state index contributed by atoms with van der Waals surface area (Å²) in [5, 5.41) is 0. The maximum absolute atomic E-state index is 12.2. The molecule has 2 aliphatic heterocycles. The van der Waals surface area contributed by atoms with Gasteiger partial charge in [0.1, 0.15) is 0 Å². The number of amides is 2. The highest BCUT2D eigenvalue weighted by molar-refractivity contribution is 5.84. The van der Waals surface area contributed by atoms with Crippen LogP contribution in [-0.2, 0) is 14.3 Å². The monoisotopic (exact) mass is 311 g/mol. The maximum Gasteiger partial charge on any atom is 0.241 e. The van der Waals surface area contributed by atoms with E-state index in [1.807, 2.05) is 0 Å². The zero-order valence-corrected chi connectivity index (χ0v) is 14.3. The highest BCUT2D eigenvalue weighted by atomic mass is 16.5. The first-order valence-electron chi connectivity index (χ1n) is 8.14. The van der Waals surface area contributed by atoms with Gasteiger partial charge in [-0.15, -0.1) is 0 Å². The highest BCUT2D eigenvalue weighted by Gasteiger charge is 2.33. The molecule has 2 aliphatic rings. The maximum atomic E-state index is 12.2. The number of carbonyl (C=O) groups is 2. The lowest BCUT2D eigenvalue weighted by atomic mass is 10.0. The van der Waals surface area contributed by atoms with Crippen LogP contribution in [0.15, 0.2) is 0 Å². The second kappa shape index (κ2) is 6.96. The summed E-state index contributed by atoms with van der Waals surface area (Å²) in [6.45, 7) is 7.68. The molecular formula is C16H29N3O3. The van der Waals surface area contributed by atoms with Crippen molar-refractivity contribution in [3.8, 4) is 0 Å². The van der Waals surface area contributed by atoms with Crippen LogP contribution in [0.1, 0.15) is 33.1 Å². The second-order valence-corrected chi connectivity index (χ2v) is 7.16. The van der Waals surface area contributed by atoms with E-state index in [1.54, 1.807) is 23.9 Å². The van der Waals surface area contributed by atoms with E-state index in [2.05, 4.69) is 18.7 Å². The quantitative estimate of drug-likeness (QED) is 0.764. The minimum atomic E-state index is -0.116. The minimum absolute atomic E-state index is 0.0145. The molecule has 0 N–H and O–H groups in total. The fraction of sp³-hybridized carbons (Fsp3) is 0.875. The predicted octanol–water partition coefficient (Wildman–Crippen LogP) is 0.567. The summed E-state index contributed by atoms with van der Waals surface area (Å²) in [7, 11) is 3.45. The molecule has 0 radical (unpaired) electrons. The molecule has 0 aromatic heterocycles. The van der Waals surface area contributed by atoms with Crippen molar-refractivity contribution in [1.82, 2.24) is 14.7 Å². The molecule has 0 spiro atoms. The van der Waals surface area contributed by atoms with Crippen molar-refractivity contribution in [1.29, 1.82) is 0 Å². The van der Waals surface area contributed by atoms with Gasteiger partial charge >= 0.3 is 0 Å². The Labute approximate surface area is 133 Å². The van der Waals surface area contributed by atoms with Gasteiger partial charge in [-0.1, -0.05) is 0 Å². The fourth-order valence-electron chi connectivity index (χ4n) is 3.22. The topological polar surface area (TPSA) is 53.1 Å². The van der Waals surface area contributed by atoms with Gasteiger partial charge in [0.25, 0.3) is 0 Å². The van der Waals surface area contributed by atoms with Gasteiger partial charge in [0, 0.05) is 46.2 Å². The molecule has 0 aliphatic carbocycles. The Morgan fingerprint density at radius 2 is 2.05 bits per heavy atom. The molecular weight excluding hydrogens is 282 g/mol. The summed E-state index contributed by atoms with van der Waals surface area (Å²) in [5.74, 6) is 0.0875. The molecule has 0 aromatic carbocycles. The number of hydrogen-bond donors (Lipinski definition) is 0. The predicted molar refractivity (Wildman–Crippen MR) is 84.5 cm³/mol. The summed E-state index contributed by atoms with van der Waals surface area (Å²) >= 11 is 0. The number of likely N-dealkylation sites (tertiary alicyclic amines) is 1. The fourth-order valence-corrected chi connectivity index (χ4v) is 3.22. The van der Waals surface area contributed by atoms with Crippen LogP contribution in [0.2, 0.25) is 0 Å². The van der Waals surface area contributed by atoms with Crippen LogP contribution in [0.5, 0.6) is 0 Å². The summed E-state index contributed by atoms with van der Waals surface area (Å²) in [4.78, 5) is 29.8. The van der Waals surface area contributed by atoms with Crippen LogP contribution in [0.25, 0.3) is 0 Å². The van der Waals surface area contributed by atoms with E-state index in [9.17, 15) is 9.59 Å². The van der Waals surface area contributed by atoms with Gasteiger partial charge in [-0.25, -0.2) is 0 Å². The summed E-state index contributed by atoms with van der Waals surface area (Å²) in [6, 6.07) is 0.409. The Balaban J connectivity index is 1.93. The molecule has 1 unspecified atom stereocenters. The summed E-state index contributed by atoms with van der Waals surface area (Å²) < 4.78 is 5.77. The van der Waals surface area contributed by atoms with E-state index in [4.69, 9.17) is 4.74 Å². The number of rotatable bonds is 3. The Kier molecular flexibility index (Phi) is 5.45. The molecule has 2 rings (SSSR count). The molecule has 6 nitrogen and oxygen atoms in total. The summed E-state index contributed by atoms with van der Waals surface area (Å²) in [6.07, 6.45) is 2.34. The average molecular weight is 311 g/mol. The third-order valence-electron chi connectivity index (χ3n) is 4.57.